The van der Waals surface area contributed by atoms with E-state index in [0.29, 0.717) is 0 Å². The number of nitrogens with zero attached hydrogens (tertiary/aromatic N) is 2. The van der Waals surface area contributed by atoms with Gasteiger partial charge in [0.25, 0.3) is 0 Å². The molecule has 0 unspecified atom stereocenters. The van der Waals surface area contributed by atoms with Gasteiger partial charge in [-0.2, -0.15) is 8.75 Å². The van der Waals surface area contributed by atoms with Gasteiger partial charge in [-0.05, 0) is 54.6 Å². The zero-order chi connectivity index (χ0) is 20.0. The van der Waals surface area contributed by atoms with Gasteiger partial charge in [-0.3, -0.25) is 0 Å². The third-order valence-corrected chi connectivity index (χ3v) is 9.20. The van der Waals surface area contributed by atoms with E-state index in [2.05, 4.69) is 70.1 Å². The van der Waals surface area contributed by atoms with Crippen LogP contribution in [0.15, 0.2) is 41.8 Å². The molecule has 4 heterocycles. The van der Waals surface area contributed by atoms with Gasteiger partial charge in [0.1, 0.15) is 11.0 Å². The summed E-state index contributed by atoms with van der Waals surface area (Å²) < 4.78 is 9.34. The number of hydrogen-bond donors (Lipinski definition) is 1. The molecule has 29 heavy (non-hydrogen) atoms. The highest BCUT2D eigenvalue weighted by molar-refractivity contribution is 7.24. The molecule has 0 saturated carbocycles. The molecule has 0 saturated heterocycles. The lowest BCUT2D eigenvalue weighted by atomic mass is 10.0. The van der Waals surface area contributed by atoms with Gasteiger partial charge in [-0.1, -0.05) is 12.1 Å². The van der Waals surface area contributed by atoms with Crippen molar-refractivity contribution in [1.29, 1.82) is 0 Å². The van der Waals surface area contributed by atoms with Crippen molar-refractivity contribution in [3.05, 3.63) is 57.8 Å². The molecular formula is C22H20N3S4+. The molecular weight excluding hydrogens is 435 g/mol. The van der Waals surface area contributed by atoms with E-state index in [0.717, 1.165) is 24.0 Å². The van der Waals surface area contributed by atoms with Gasteiger partial charge >= 0.3 is 0 Å². The van der Waals surface area contributed by atoms with E-state index in [1.54, 1.807) is 11.3 Å². The molecule has 5 rings (SSSR count). The SMILES string of the molecule is Cc1ccsc1-c1ccc(-c2sc(-c3ccc(CC[NH3+])s3)cc2C)c2nsnc12. The van der Waals surface area contributed by atoms with Gasteiger partial charge in [0.15, 0.2) is 0 Å². The Labute approximate surface area is 185 Å². The fraction of sp³-hybridized carbons (Fsp3) is 0.182. The molecule has 0 bridgehead atoms. The quantitative estimate of drug-likeness (QED) is 0.340. The van der Waals surface area contributed by atoms with Crippen LogP contribution < -0.4 is 5.73 Å². The highest BCUT2D eigenvalue weighted by Crippen LogP contribution is 2.44. The van der Waals surface area contributed by atoms with Crippen molar-refractivity contribution in [2.75, 3.05) is 6.54 Å². The number of thiophene rings is 3. The number of rotatable bonds is 5. The van der Waals surface area contributed by atoms with Crippen molar-refractivity contribution in [3.63, 3.8) is 0 Å². The second-order valence-corrected chi connectivity index (χ2v) is 10.7. The first-order valence-electron chi connectivity index (χ1n) is 9.44. The molecule has 0 spiro atoms. The fourth-order valence-electron chi connectivity index (χ4n) is 3.57. The Morgan fingerprint density at radius 1 is 0.828 bits per heavy atom. The molecule has 5 aromatic rings. The summed E-state index contributed by atoms with van der Waals surface area (Å²) in [4.78, 5) is 6.65. The Morgan fingerprint density at radius 2 is 1.59 bits per heavy atom. The second-order valence-electron chi connectivity index (χ2n) is 7.05. The Bertz CT molecular complexity index is 1300. The van der Waals surface area contributed by atoms with Crippen LogP contribution in [0.25, 0.3) is 41.7 Å². The summed E-state index contributed by atoms with van der Waals surface area (Å²) in [6.07, 6.45) is 1.05. The number of hydrogen-bond acceptors (Lipinski definition) is 6. The third kappa shape index (κ3) is 3.37. The lowest BCUT2D eigenvalue weighted by molar-refractivity contribution is -0.366. The molecule has 0 aliphatic carbocycles. The Morgan fingerprint density at radius 3 is 2.28 bits per heavy atom. The molecule has 0 radical (unpaired) electrons. The van der Waals surface area contributed by atoms with E-state index in [-0.39, 0.29) is 0 Å². The molecule has 146 valence electrons. The molecule has 0 atom stereocenters. The van der Waals surface area contributed by atoms with Gasteiger partial charge in [-0.25, -0.2) is 0 Å². The zero-order valence-electron chi connectivity index (χ0n) is 16.2. The molecule has 1 aromatic carbocycles. The first-order chi connectivity index (χ1) is 14.2. The Hall–Kier alpha value is -1.90. The number of quaternary nitrogens is 1. The van der Waals surface area contributed by atoms with E-state index in [9.17, 15) is 0 Å². The summed E-state index contributed by atoms with van der Waals surface area (Å²) in [5.41, 5.74) is 11.0. The summed E-state index contributed by atoms with van der Waals surface area (Å²) in [5.74, 6) is 0. The molecule has 3 N–H and O–H groups in total. The highest BCUT2D eigenvalue weighted by atomic mass is 32.1. The highest BCUT2D eigenvalue weighted by Gasteiger charge is 2.18. The minimum atomic E-state index is 0.944. The maximum Gasteiger partial charge on any atom is 0.114 e. The minimum Gasteiger partial charge on any atom is -0.357 e. The monoisotopic (exact) mass is 454 g/mol. The van der Waals surface area contributed by atoms with Crippen LogP contribution in [0.3, 0.4) is 0 Å². The molecule has 7 heteroatoms. The predicted molar refractivity (Wildman–Crippen MR) is 128 cm³/mol. The van der Waals surface area contributed by atoms with Crippen molar-refractivity contribution < 1.29 is 5.73 Å². The van der Waals surface area contributed by atoms with Crippen LogP contribution in [-0.2, 0) is 6.42 Å². The van der Waals surface area contributed by atoms with E-state index in [4.69, 9.17) is 0 Å². The van der Waals surface area contributed by atoms with Crippen molar-refractivity contribution in [2.24, 2.45) is 0 Å². The Kier molecular flexibility index (Phi) is 5.09. The fourth-order valence-corrected chi connectivity index (χ4v) is 7.43. The van der Waals surface area contributed by atoms with Gasteiger partial charge in [0, 0.05) is 41.9 Å². The van der Waals surface area contributed by atoms with E-state index >= 15 is 0 Å². The summed E-state index contributed by atoms with van der Waals surface area (Å²) in [7, 11) is 0. The summed E-state index contributed by atoms with van der Waals surface area (Å²) in [6.45, 7) is 5.30. The molecule has 0 amide bonds. The Balaban J connectivity index is 1.61. The number of aromatic nitrogens is 2. The zero-order valence-corrected chi connectivity index (χ0v) is 19.5. The average molecular weight is 455 g/mol. The standard InChI is InChI=1S/C22H19N3S4/c1-12-8-10-26-21(12)15-4-5-16(20-19(15)24-29-25-20)22-13(2)11-18(28-22)17-6-3-14(27-17)7-9-23/h3-6,8,10-11H,7,9,23H2,1-2H3/p+1. The molecule has 0 aliphatic heterocycles. The van der Waals surface area contributed by atoms with Crippen molar-refractivity contribution >= 4 is 56.8 Å². The summed E-state index contributed by atoms with van der Waals surface area (Å²) >= 11 is 6.81. The average Bonchev–Trinajstić information content (AvgIpc) is 3.48. The van der Waals surface area contributed by atoms with Crippen LogP contribution in [-0.4, -0.2) is 15.3 Å². The van der Waals surface area contributed by atoms with Crippen LogP contribution in [0.1, 0.15) is 16.0 Å². The normalized spacial score (nSPS) is 11.6. The van der Waals surface area contributed by atoms with Gasteiger partial charge < -0.3 is 5.73 Å². The van der Waals surface area contributed by atoms with Crippen LogP contribution in [0.4, 0.5) is 0 Å². The number of benzene rings is 1. The largest absolute Gasteiger partial charge is 0.357 e. The lowest BCUT2D eigenvalue weighted by Crippen LogP contribution is -2.51. The number of fused-ring (bicyclic) bond motifs is 1. The van der Waals surface area contributed by atoms with Crippen molar-refractivity contribution in [2.45, 2.75) is 20.3 Å². The van der Waals surface area contributed by atoms with E-state index in [1.807, 2.05) is 22.7 Å². The molecule has 3 nitrogen and oxygen atoms in total. The smallest absolute Gasteiger partial charge is 0.114 e. The van der Waals surface area contributed by atoms with E-state index < -0.39 is 0 Å². The van der Waals surface area contributed by atoms with Gasteiger partial charge in [0.2, 0.25) is 0 Å². The van der Waals surface area contributed by atoms with Gasteiger partial charge in [-0.15, -0.1) is 34.0 Å². The van der Waals surface area contributed by atoms with E-state index in [1.165, 1.54) is 58.4 Å². The summed E-state index contributed by atoms with van der Waals surface area (Å²) in [5, 5.41) is 2.14. The predicted octanol–water partition coefficient (Wildman–Crippen LogP) is 6.28. The van der Waals surface area contributed by atoms with Crippen LogP contribution in [0.5, 0.6) is 0 Å². The maximum atomic E-state index is 4.68. The topological polar surface area (TPSA) is 53.4 Å². The van der Waals surface area contributed by atoms with Crippen molar-refractivity contribution in [3.8, 4) is 30.6 Å². The van der Waals surface area contributed by atoms with Crippen LogP contribution in [0, 0.1) is 13.8 Å². The molecule has 0 aliphatic rings. The molecule has 0 fully saturated rings. The first kappa shape index (κ1) is 19.1. The second kappa shape index (κ2) is 7.74. The summed E-state index contributed by atoms with van der Waals surface area (Å²) in [6, 6.07) is 13.4. The van der Waals surface area contributed by atoms with Gasteiger partial charge in [0.05, 0.1) is 18.3 Å². The third-order valence-electron chi connectivity index (χ3n) is 5.01. The van der Waals surface area contributed by atoms with Crippen molar-refractivity contribution in [1.82, 2.24) is 8.75 Å². The van der Waals surface area contributed by atoms with Crippen LogP contribution in [0.2, 0.25) is 0 Å². The number of aryl methyl sites for hydroxylation is 2. The minimum absolute atomic E-state index is 0.944. The lowest BCUT2D eigenvalue weighted by Gasteiger charge is -2.06. The van der Waals surface area contributed by atoms with Crippen LogP contribution >= 0.6 is 45.7 Å². The first-order valence-corrected chi connectivity index (χ1v) is 12.7. The molecule has 4 aromatic heterocycles. The maximum absolute atomic E-state index is 4.68.